The van der Waals surface area contributed by atoms with Crippen LogP contribution in [0.3, 0.4) is 0 Å². The second-order valence-electron chi connectivity index (χ2n) is 5.77. The van der Waals surface area contributed by atoms with E-state index in [2.05, 4.69) is 42.7 Å². The Balaban J connectivity index is 1.72. The molecule has 1 heterocycles. The van der Waals surface area contributed by atoms with Gasteiger partial charge in [-0.15, -0.1) is 0 Å². The molecule has 1 aromatic carbocycles. The van der Waals surface area contributed by atoms with Crippen LogP contribution in [0.2, 0.25) is 0 Å². The molecule has 0 unspecified atom stereocenters. The number of nitrogens with one attached hydrogen (secondary N) is 2. The van der Waals surface area contributed by atoms with E-state index >= 15 is 0 Å². The van der Waals surface area contributed by atoms with Gasteiger partial charge in [0, 0.05) is 6.54 Å². The monoisotopic (exact) mass is 274 g/mol. The summed E-state index contributed by atoms with van der Waals surface area (Å²) in [5, 5.41) is 6.34. The van der Waals surface area contributed by atoms with Gasteiger partial charge in [0.25, 0.3) is 0 Å². The highest BCUT2D eigenvalue weighted by atomic mass is 16.2. The number of rotatable bonds is 5. The molecule has 0 bridgehead atoms. The van der Waals surface area contributed by atoms with Crippen LogP contribution >= 0.6 is 0 Å². The van der Waals surface area contributed by atoms with Gasteiger partial charge in [0.05, 0.1) is 6.04 Å². The second-order valence-corrected chi connectivity index (χ2v) is 5.77. The quantitative estimate of drug-likeness (QED) is 0.810. The van der Waals surface area contributed by atoms with Crippen molar-refractivity contribution >= 4 is 5.91 Å². The third kappa shape index (κ3) is 4.07. The molecule has 3 heteroatoms. The zero-order valence-corrected chi connectivity index (χ0v) is 12.7. The summed E-state index contributed by atoms with van der Waals surface area (Å²) in [4.78, 5) is 12.0. The summed E-state index contributed by atoms with van der Waals surface area (Å²) < 4.78 is 0. The minimum atomic E-state index is 0.0314. The van der Waals surface area contributed by atoms with Gasteiger partial charge >= 0.3 is 0 Å². The molecule has 1 fully saturated rings. The first-order chi connectivity index (χ1) is 9.68. The van der Waals surface area contributed by atoms with E-state index in [1.807, 2.05) is 0 Å². The summed E-state index contributed by atoms with van der Waals surface area (Å²) in [6.07, 6.45) is 5.37. The molecule has 0 aromatic heterocycles. The molecule has 20 heavy (non-hydrogen) atoms. The van der Waals surface area contributed by atoms with Gasteiger partial charge in [0.2, 0.25) is 5.91 Å². The molecule has 3 nitrogen and oxygen atoms in total. The molecule has 0 radical (unpaired) electrons. The maximum Gasteiger partial charge on any atom is 0.237 e. The van der Waals surface area contributed by atoms with E-state index in [0.717, 1.165) is 38.8 Å². The molecule has 1 aliphatic rings. The largest absolute Gasteiger partial charge is 0.355 e. The Morgan fingerprint density at radius 2 is 2.05 bits per heavy atom. The van der Waals surface area contributed by atoms with Gasteiger partial charge < -0.3 is 10.6 Å². The highest BCUT2D eigenvalue weighted by Crippen LogP contribution is 2.15. The molecule has 1 saturated heterocycles. The Morgan fingerprint density at radius 3 is 2.70 bits per heavy atom. The molecular formula is C17H26N2O. The molecule has 2 N–H and O–H groups in total. The number of aryl methyl sites for hydroxylation is 2. The van der Waals surface area contributed by atoms with Crippen LogP contribution in [0.1, 0.15) is 42.4 Å². The third-order valence-corrected chi connectivity index (χ3v) is 4.17. The molecule has 110 valence electrons. The van der Waals surface area contributed by atoms with Crippen LogP contribution in [0.15, 0.2) is 18.2 Å². The molecule has 0 saturated carbocycles. The highest BCUT2D eigenvalue weighted by Gasteiger charge is 2.19. The Labute approximate surface area is 122 Å². The van der Waals surface area contributed by atoms with Crippen LogP contribution < -0.4 is 10.6 Å². The van der Waals surface area contributed by atoms with E-state index in [1.165, 1.54) is 23.1 Å². The minimum Gasteiger partial charge on any atom is -0.355 e. The van der Waals surface area contributed by atoms with Gasteiger partial charge in [0.15, 0.2) is 0 Å². The number of amides is 1. The number of piperidine rings is 1. The third-order valence-electron chi connectivity index (χ3n) is 4.17. The summed E-state index contributed by atoms with van der Waals surface area (Å²) in [7, 11) is 0. The molecule has 0 spiro atoms. The second kappa shape index (κ2) is 7.44. The smallest absolute Gasteiger partial charge is 0.237 e. The van der Waals surface area contributed by atoms with Crippen molar-refractivity contribution in [1.29, 1.82) is 0 Å². The van der Waals surface area contributed by atoms with Gasteiger partial charge in [-0.25, -0.2) is 0 Å². The van der Waals surface area contributed by atoms with Crippen molar-refractivity contribution in [3.63, 3.8) is 0 Å². The highest BCUT2D eigenvalue weighted by molar-refractivity contribution is 5.81. The predicted octanol–water partition coefficient (Wildman–Crippen LogP) is 2.49. The lowest BCUT2D eigenvalue weighted by Gasteiger charge is -2.22. The van der Waals surface area contributed by atoms with E-state index < -0.39 is 0 Å². The van der Waals surface area contributed by atoms with Gasteiger partial charge in [-0.05, 0) is 62.8 Å². The van der Waals surface area contributed by atoms with Crippen molar-refractivity contribution in [3.05, 3.63) is 34.9 Å². The predicted molar refractivity (Wildman–Crippen MR) is 82.9 cm³/mol. The first-order valence-corrected chi connectivity index (χ1v) is 7.74. The van der Waals surface area contributed by atoms with Crippen molar-refractivity contribution in [2.24, 2.45) is 0 Å². The van der Waals surface area contributed by atoms with Crippen LogP contribution in [0, 0.1) is 13.8 Å². The zero-order chi connectivity index (χ0) is 14.4. The normalized spacial score (nSPS) is 18.8. The lowest BCUT2D eigenvalue weighted by molar-refractivity contribution is -0.123. The van der Waals surface area contributed by atoms with Crippen LogP contribution in [0.5, 0.6) is 0 Å². The van der Waals surface area contributed by atoms with E-state index in [1.54, 1.807) is 0 Å². The van der Waals surface area contributed by atoms with E-state index in [0.29, 0.717) is 0 Å². The molecule has 1 aliphatic heterocycles. The van der Waals surface area contributed by atoms with E-state index in [4.69, 9.17) is 0 Å². The Bertz CT molecular complexity index is 430. The standard InChI is InChI=1S/C17H26N2O/c1-13-7-5-8-14(2)15(13)9-6-12-19-17(20)16-10-3-4-11-18-16/h5,7-8,16,18H,3-4,6,9-12H2,1-2H3,(H,19,20)/t16-/m0/s1. The van der Waals surface area contributed by atoms with Crippen LogP contribution in [0.4, 0.5) is 0 Å². The summed E-state index contributed by atoms with van der Waals surface area (Å²) in [5.74, 6) is 0.172. The van der Waals surface area contributed by atoms with Gasteiger partial charge in [-0.3, -0.25) is 4.79 Å². The maximum atomic E-state index is 12.0. The van der Waals surface area contributed by atoms with Crippen molar-refractivity contribution in [2.75, 3.05) is 13.1 Å². The number of carbonyl (C=O) groups excluding carboxylic acids is 1. The molecular weight excluding hydrogens is 248 g/mol. The average molecular weight is 274 g/mol. The average Bonchev–Trinajstić information content (AvgIpc) is 2.46. The topological polar surface area (TPSA) is 41.1 Å². The Morgan fingerprint density at radius 1 is 1.30 bits per heavy atom. The van der Waals surface area contributed by atoms with Crippen molar-refractivity contribution in [2.45, 2.75) is 52.0 Å². The van der Waals surface area contributed by atoms with Crippen LogP contribution in [-0.2, 0) is 11.2 Å². The van der Waals surface area contributed by atoms with Crippen LogP contribution in [-0.4, -0.2) is 25.0 Å². The molecule has 1 amide bonds. The maximum absolute atomic E-state index is 12.0. The van der Waals surface area contributed by atoms with Crippen molar-refractivity contribution < 1.29 is 4.79 Å². The Hall–Kier alpha value is -1.35. The summed E-state index contributed by atoms with van der Waals surface area (Å²) >= 11 is 0. The van der Waals surface area contributed by atoms with Crippen LogP contribution in [0.25, 0.3) is 0 Å². The zero-order valence-electron chi connectivity index (χ0n) is 12.7. The number of carbonyl (C=O) groups is 1. The summed E-state index contributed by atoms with van der Waals surface area (Å²) in [6, 6.07) is 6.45. The molecule has 1 aromatic rings. The van der Waals surface area contributed by atoms with E-state index in [-0.39, 0.29) is 11.9 Å². The van der Waals surface area contributed by atoms with Crippen molar-refractivity contribution in [3.8, 4) is 0 Å². The number of benzene rings is 1. The molecule has 2 rings (SSSR count). The van der Waals surface area contributed by atoms with E-state index in [9.17, 15) is 4.79 Å². The lowest BCUT2D eigenvalue weighted by atomic mass is 9.98. The first-order valence-electron chi connectivity index (χ1n) is 7.74. The fraction of sp³-hybridized carbons (Fsp3) is 0.588. The first kappa shape index (κ1) is 15.0. The summed E-state index contributed by atoms with van der Waals surface area (Å²) in [5.41, 5.74) is 4.13. The fourth-order valence-electron chi connectivity index (χ4n) is 2.92. The van der Waals surface area contributed by atoms with Crippen molar-refractivity contribution in [1.82, 2.24) is 10.6 Å². The molecule has 0 aliphatic carbocycles. The van der Waals surface area contributed by atoms with Gasteiger partial charge in [0.1, 0.15) is 0 Å². The number of hydrogen-bond acceptors (Lipinski definition) is 2. The Kier molecular flexibility index (Phi) is 5.60. The fourth-order valence-corrected chi connectivity index (χ4v) is 2.92. The SMILES string of the molecule is Cc1cccc(C)c1CCCNC(=O)[C@@H]1CCCCN1. The molecule has 1 atom stereocenters. The summed E-state index contributed by atoms with van der Waals surface area (Å²) in [6.45, 7) is 6.06. The minimum absolute atomic E-state index is 0.0314. The number of hydrogen-bond donors (Lipinski definition) is 2. The van der Waals surface area contributed by atoms with Gasteiger partial charge in [-0.1, -0.05) is 24.6 Å². The van der Waals surface area contributed by atoms with Gasteiger partial charge in [-0.2, -0.15) is 0 Å². The lowest BCUT2D eigenvalue weighted by Crippen LogP contribution is -2.46.